The number of rotatable bonds is 18. The minimum Gasteiger partial charge on any atom is -0.463 e. The lowest BCUT2D eigenvalue weighted by molar-refractivity contribution is -0.384. The minimum absolute atomic E-state index is 0. The molecule has 5 rings (SSSR count). The van der Waals surface area contributed by atoms with Gasteiger partial charge in [0.1, 0.15) is 65.2 Å². The second kappa shape index (κ2) is 20.7. The fourth-order valence-electron chi connectivity index (χ4n) is 6.03. The lowest BCUT2D eigenvalue weighted by Crippen LogP contribution is -2.45. The van der Waals surface area contributed by atoms with Crippen molar-refractivity contribution in [2.75, 3.05) is 6.61 Å². The van der Waals surface area contributed by atoms with Crippen LogP contribution in [0.3, 0.4) is 0 Å². The lowest BCUT2D eigenvalue weighted by Gasteiger charge is -2.27. The average Bonchev–Trinajstić information content (AvgIpc) is 3.62. The second-order valence-electron chi connectivity index (χ2n) is 12.6. The molecule has 0 saturated carbocycles. The first-order valence-corrected chi connectivity index (χ1v) is 19.9. The van der Waals surface area contributed by atoms with Gasteiger partial charge in [-0.3, -0.25) is 24.4 Å². The van der Waals surface area contributed by atoms with Crippen molar-refractivity contribution in [1.29, 1.82) is 0 Å². The molecule has 1 amide bonds. The molecule has 1 aromatic heterocycles. The fraction of sp³-hybridized carbons (Fsp3) is 0.263. The van der Waals surface area contributed by atoms with E-state index in [1.807, 2.05) is 0 Å². The minimum atomic E-state index is -2.67. The molecule has 0 aliphatic carbocycles. The van der Waals surface area contributed by atoms with Crippen molar-refractivity contribution in [2.24, 2.45) is 0 Å². The molecule has 2 N–H and O–H groups in total. The first-order chi connectivity index (χ1) is 26.3. The summed E-state index contributed by atoms with van der Waals surface area (Å²) in [5.41, 5.74) is 0.669. The number of esters is 1. The van der Waals surface area contributed by atoms with Gasteiger partial charge in [-0.25, -0.2) is 13.2 Å². The smallest absolute Gasteiger partial charge is 0.305 e. The maximum atomic E-state index is 14.1. The Kier molecular flexibility index (Phi) is 16.4. The summed E-state index contributed by atoms with van der Waals surface area (Å²) >= 11 is 11.3. The van der Waals surface area contributed by atoms with Crippen LogP contribution >= 0.6 is 47.4 Å². The van der Waals surface area contributed by atoms with E-state index in [1.165, 1.54) is 60.7 Å². The van der Waals surface area contributed by atoms with Gasteiger partial charge in [0.25, 0.3) is 11.6 Å². The summed E-state index contributed by atoms with van der Waals surface area (Å²) in [4.78, 5) is 33.7. The normalized spacial score (nSPS) is 12.4. The Hall–Kier alpha value is -4.40. The van der Waals surface area contributed by atoms with E-state index < -0.39 is 65.1 Å². The molecule has 0 aliphatic rings. The molecule has 0 saturated heterocycles. The van der Waals surface area contributed by atoms with E-state index in [9.17, 15) is 38.0 Å². The van der Waals surface area contributed by atoms with Crippen LogP contribution in [0.2, 0.25) is 0 Å². The lowest BCUT2D eigenvalue weighted by atomic mass is 10.0. The zero-order chi connectivity index (χ0) is 39.5. The monoisotopic (exact) mass is 896 g/mol. The van der Waals surface area contributed by atoms with Crippen molar-refractivity contribution in [3.8, 4) is 0 Å². The quantitative estimate of drug-likeness (QED) is 0.0244. The van der Waals surface area contributed by atoms with Gasteiger partial charge in [-0.1, -0.05) is 34.8 Å². The number of nitrogens with one attached hydrogen (secondary N) is 1. The van der Waals surface area contributed by atoms with Crippen LogP contribution in [0.15, 0.2) is 103 Å². The molecular formula is C38H37BrCl2F3N5O6P+. The van der Waals surface area contributed by atoms with Gasteiger partial charge in [0, 0.05) is 25.1 Å². The number of aliphatic hydroxyl groups excluding tert-OH is 1. The van der Waals surface area contributed by atoms with Gasteiger partial charge in [0.05, 0.1) is 17.2 Å². The largest absolute Gasteiger partial charge is 0.463 e. The molecule has 4 aromatic carbocycles. The first kappa shape index (κ1) is 44.3. The van der Waals surface area contributed by atoms with Crippen LogP contribution < -0.4 is 21.2 Å². The standard InChI is InChI=1S/C38H35Cl2F3N5O6P.BrH/c39-37(40)38(51)44-34(36(50)25-5-13-30(14-6-25)48(52)53)23-54-35(49)4-2-1-3-21-47-22-29(45-46-47)24-55(31-15-7-26(41)8-16-31,32-17-9-27(42)10-18-32)33-19-11-28(43)12-20-33;/h5-20,22,34,36-37,50H,1-4,21,23-24H2;1H/p+1/t34-,36+;/m0./s1. The number of benzene rings is 4. The van der Waals surface area contributed by atoms with Crippen molar-refractivity contribution < 1.29 is 37.5 Å². The molecule has 0 fully saturated rings. The number of non-ortho nitro benzene ring substituents is 1. The number of aryl methyl sites for hydroxylation is 1. The number of nitro groups is 1. The number of nitro benzene ring substituents is 1. The summed E-state index contributed by atoms with van der Waals surface area (Å²) in [6.07, 6.45) is 2.51. The molecule has 18 heteroatoms. The Labute approximate surface area is 341 Å². The molecule has 0 radical (unpaired) electrons. The Morgan fingerprint density at radius 3 is 1.84 bits per heavy atom. The molecule has 56 heavy (non-hydrogen) atoms. The number of ether oxygens (including phenoxy) is 1. The highest BCUT2D eigenvalue weighted by Gasteiger charge is 2.46. The molecule has 296 valence electrons. The zero-order valence-corrected chi connectivity index (χ0v) is 33.6. The number of aromatic nitrogens is 3. The molecular weight excluding hydrogens is 861 g/mol. The Balaban J connectivity index is 0.00000696. The van der Waals surface area contributed by atoms with Crippen molar-refractivity contribution in [1.82, 2.24) is 20.3 Å². The predicted octanol–water partition coefficient (Wildman–Crippen LogP) is 6.80. The van der Waals surface area contributed by atoms with Crippen molar-refractivity contribution in [3.63, 3.8) is 0 Å². The van der Waals surface area contributed by atoms with Gasteiger partial charge in [-0.2, -0.15) is 0 Å². The van der Waals surface area contributed by atoms with Crippen LogP contribution in [-0.2, 0) is 27.0 Å². The molecule has 0 spiro atoms. The molecule has 0 unspecified atom stereocenters. The number of aliphatic hydroxyl groups is 1. The van der Waals surface area contributed by atoms with Crippen LogP contribution in [0.4, 0.5) is 18.9 Å². The van der Waals surface area contributed by atoms with Crippen molar-refractivity contribution >= 4 is 80.9 Å². The summed E-state index contributed by atoms with van der Waals surface area (Å²) < 4.78 is 49.3. The number of amides is 1. The SMILES string of the molecule is Br.O=C(CCCCCn1cc(C[P+](c2ccc(F)cc2)(c2ccc(F)cc2)c2ccc(F)cc2)nn1)OC[C@H](NC(=O)C(Cl)Cl)[C@H](O)c1ccc([N+](=O)[O-])cc1. The number of unbranched alkanes of at least 4 members (excludes halogenated alkanes) is 2. The maximum absolute atomic E-state index is 14.1. The van der Waals surface area contributed by atoms with E-state index in [-0.39, 0.29) is 34.7 Å². The first-order valence-electron chi connectivity index (χ1n) is 17.1. The Morgan fingerprint density at radius 1 is 0.839 bits per heavy atom. The summed E-state index contributed by atoms with van der Waals surface area (Å²) in [5.74, 6) is -2.64. The number of nitrogens with zero attached hydrogens (tertiary/aromatic N) is 4. The molecule has 0 aliphatic heterocycles. The van der Waals surface area contributed by atoms with Crippen LogP contribution in [-0.4, -0.2) is 54.4 Å². The summed E-state index contributed by atoms with van der Waals surface area (Å²) in [5, 5.41) is 35.4. The molecule has 0 bridgehead atoms. The van der Waals surface area contributed by atoms with Crippen LogP contribution in [0.25, 0.3) is 0 Å². The maximum Gasteiger partial charge on any atom is 0.305 e. The Morgan fingerprint density at radius 2 is 1.36 bits per heavy atom. The van der Waals surface area contributed by atoms with E-state index in [4.69, 9.17) is 27.9 Å². The van der Waals surface area contributed by atoms with E-state index in [0.717, 1.165) is 15.9 Å². The van der Waals surface area contributed by atoms with E-state index >= 15 is 0 Å². The van der Waals surface area contributed by atoms with Crippen molar-refractivity contribution in [2.45, 2.75) is 55.4 Å². The van der Waals surface area contributed by atoms with Gasteiger partial charge < -0.3 is 15.2 Å². The number of carbonyl (C=O) groups is 2. The summed E-state index contributed by atoms with van der Waals surface area (Å²) in [7, 11) is -2.67. The number of hydrogen-bond acceptors (Lipinski definition) is 8. The molecule has 5 aromatic rings. The van der Waals surface area contributed by atoms with Gasteiger partial charge in [-0.15, -0.1) is 22.1 Å². The number of hydrogen-bond donors (Lipinski definition) is 2. The van der Waals surface area contributed by atoms with E-state index in [1.54, 1.807) is 47.3 Å². The van der Waals surface area contributed by atoms with Crippen LogP contribution in [0.1, 0.15) is 43.0 Å². The Bertz CT molecular complexity index is 1950. The van der Waals surface area contributed by atoms with Gasteiger partial charge in [0.2, 0.25) is 0 Å². The van der Waals surface area contributed by atoms with Crippen molar-refractivity contribution in [3.05, 3.63) is 142 Å². The summed E-state index contributed by atoms with van der Waals surface area (Å²) in [6.45, 7) is 0.0631. The fourth-order valence-corrected chi connectivity index (χ4v) is 10.2. The van der Waals surface area contributed by atoms with Gasteiger partial charge in [0.15, 0.2) is 4.84 Å². The highest BCUT2D eigenvalue weighted by atomic mass is 79.9. The zero-order valence-electron chi connectivity index (χ0n) is 29.5. The van der Waals surface area contributed by atoms with Crippen LogP contribution in [0.5, 0.6) is 0 Å². The third kappa shape index (κ3) is 11.6. The predicted molar refractivity (Wildman–Crippen MR) is 214 cm³/mol. The third-order valence-electron chi connectivity index (χ3n) is 8.83. The average molecular weight is 899 g/mol. The number of alkyl halides is 2. The van der Waals surface area contributed by atoms with E-state index in [2.05, 4.69) is 15.6 Å². The highest BCUT2D eigenvalue weighted by molar-refractivity contribution is 8.93. The topological polar surface area (TPSA) is 149 Å². The third-order valence-corrected chi connectivity index (χ3v) is 13.6. The number of halogens is 6. The van der Waals surface area contributed by atoms with Gasteiger partial charge in [-0.05, 0) is 103 Å². The van der Waals surface area contributed by atoms with Crippen LogP contribution in [0, 0.1) is 27.6 Å². The highest BCUT2D eigenvalue weighted by Crippen LogP contribution is 2.58. The van der Waals surface area contributed by atoms with Gasteiger partial charge >= 0.3 is 5.97 Å². The summed E-state index contributed by atoms with van der Waals surface area (Å²) in [6, 6.07) is 22.2. The second-order valence-corrected chi connectivity index (χ2v) is 17.2. The molecule has 11 nitrogen and oxygen atoms in total. The van der Waals surface area contributed by atoms with E-state index in [0.29, 0.717) is 37.7 Å². The molecule has 1 heterocycles. The molecule has 2 atom stereocenters. The number of carbonyl (C=O) groups excluding carboxylic acids is 2.